The van der Waals surface area contributed by atoms with Crippen molar-refractivity contribution in [1.29, 1.82) is 0 Å². The summed E-state index contributed by atoms with van der Waals surface area (Å²) in [5.41, 5.74) is -1.47. The van der Waals surface area contributed by atoms with Crippen LogP contribution in [0, 0.1) is 0 Å². The average molecular weight is 254 g/mol. The summed E-state index contributed by atoms with van der Waals surface area (Å²) in [6.07, 6.45) is -4.20. The third kappa shape index (κ3) is 3.57. The summed E-state index contributed by atoms with van der Waals surface area (Å²) in [7, 11) is 0. The second kappa shape index (κ2) is 4.81. The van der Waals surface area contributed by atoms with Gasteiger partial charge in [-0.2, -0.15) is 13.2 Å². The van der Waals surface area contributed by atoms with Gasteiger partial charge >= 0.3 is 12.1 Å². The number of aliphatic carboxylic acids is 1. The first-order valence-corrected chi connectivity index (χ1v) is 5.45. The number of halogens is 3. The molecule has 4 nitrogen and oxygen atoms in total. The standard InChI is InChI=1S/C10H17F3N2O2/c1-7(2)15-4-3-9(6-15,8(16)17)14-5-10(11,12)13/h7,14H,3-6H2,1-2H3,(H,16,17). The molecule has 1 atom stereocenters. The number of nitrogens with zero attached hydrogens (tertiary/aromatic N) is 1. The van der Waals surface area contributed by atoms with Gasteiger partial charge in [0.2, 0.25) is 0 Å². The van der Waals surface area contributed by atoms with Crippen molar-refractivity contribution in [2.24, 2.45) is 0 Å². The number of hydrogen-bond acceptors (Lipinski definition) is 3. The highest BCUT2D eigenvalue weighted by atomic mass is 19.4. The molecule has 1 aliphatic heterocycles. The maximum atomic E-state index is 12.1. The molecule has 0 saturated carbocycles. The Kier molecular flexibility index (Phi) is 4.03. The monoisotopic (exact) mass is 254 g/mol. The number of hydrogen-bond donors (Lipinski definition) is 2. The number of nitrogens with one attached hydrogen (secondary N) is 1. The lowest BCUT2D eigenvalue weighted by Gasteiger charge is -2.28. The Labute approximate surface area is 97.8 Å². The molecule has 0 amide bonds. The predicted octanol–water partition coefficient (Wildman–Crippen LogP) is 1.08. The van der Waals surface area contributed by atoms with Gasteiger partial charge < -0.3 is 5.11 Å². The molecule has 0 aromatic carbocycles. The molecular formula is C10H17F3N2O2. The van der Waals surface area contributed by atoms with Gasteiger partial charge in [0, 0.05) is 19.1 Å². The van der Waals surface area contributed by atoms with Crippen LogP contribution >= 0.6 is 0 Å². The van der Waals surface area contributed by atoms with Gasteiger partial charge in [-0.05, 0) is 20.3 Å². The lowest BCUT2D eigenvalue weighted by atomic mass is 9.99. The van der Waals surface area contributed by atoms with Gasteiger partial charge in [-0.1, -0.05) is 0 Å². The quantitative estimate of drug-likeness (QED) is 0.788. The van der Waals surface area contributed by atoms with Gasteiger partial charge in [-0.15, -0.1) is 0 Å². The normalized spacial score (nSPS) is 26.7. The number of alkyl halides is 3. The van der Waals surface area contributed by atoms with E-state index in [2.05, 4.69) is 5.32 Å². The van der Waals surface area contributed by atoms with Crippen LogP contribution in [0.4, 0.5) is 13.2 Å². The van der Waals surface area contributed by atoms with E-state index in [9.17, 15) is 18.0 Å². The summed E-state index contributed by atoms with van der Waals surface area (Å²) in [5.74, 6) is -1.22. The first-order chi connectivity index (χ1) is 7.66. The fraction of sp³-hybridized carbons (Fsp3) is 0.900. The zero-order chi connectivity index (χ0) is 13.3. The molecule has 1 fully saturated rings. The van der Waals surface area contributed by atoms with Crippen LogP contribution in [0.2, 0.25) is 0 Å². The van der Waals surface area contributed by atoms with E-state index in [-0.39, 0.29) is 19.0 Å². The average Bonchev–Trinajstić information content (AvgIpc) is 2.59. The summed E-state index contributed by atoms with van der Waals surface area (Å²) >= 11 is 0. The molecule has 1 unspecified atom stereocenters. The van der Waals surface area contributed by atoms with E-state index < -0.39 is 24.2 Å². The molecule has 0 bridgehead atoms. The van der Waals surface area contributed by atoms with Crippen LogP contribution in [0.1, 0.15) is 20.3 Å². The van der Waals surface area contributed by atoms with Gasteiger partial charge in [0.25, 0.3) is 0 Å². The van der Waals surface area contributed by atoms with Gasteiger partial charge in [0.15, 0.2) is 0 Å². The van der Waals surface area contributed by atoms with Crippen LogP contribution in [0.15, 0.2) is 0 Å². The molecule has 0 aromatic rings. The Morgan fingerprint density at radius 2 is 2.12 bits per heavy atom. The molecule has 2 N–H and O–H groups in total. The summed E-state index contributed by atoms with van der Waals surface area (Å²) in [4.78, 5) is 13.0. The van der Waals surface area contributed by atoms with E-state index in [0.717, 1.165) is 0 Å². The fourth-order valence-electron chi connectivity index (χ4n) is 1.94. The van der Waals surface area contributed by atoms with Crippen molar-refractivity contribution in [1.82, 2.24) is 10.2 Å². The van der Waals surface area contributed by atoms with E-state index >= 15 is 0 Å². The highest BCUT2D eigenvalue weighted by molar-refractivity contribution is 5.79. The van der Waals surface area contributed by atoms with Crippen molar-refractivity contribution in [2.45, 2.75) is 38.0 Å². The second-order valence-corrected chi connectivity index (χ2v) is 4.67. The molecule has 7 heteroatoms. The third-order valence-corrected chi connectivity index (χ3v) is 3.07. The molecule has 0 aromatic heterocycles. The van der Waals surface area contributed by atoms with Crippen molar-refractivity contribution in [3.05, 3.63) is 0 Å². The van der Waals surface area contributed by atoms with Gasteiger partial charge in [0.05, 0.1) is 6.54 Å². The number of carboxylic acid groups (broad SMARTS) is 1. The number of carboxylic acids is 1. The zero-order valence-corrected chi connectivity index (χ0v) is 9.84. The second-order valence-electron chi connectivity index (χ2n) is 4.67. The first kappa shape index (κ1) is 14.2. The molecule has 0 aliphatic carbocycles. The lowest BCUT2D eigenvalue weighted by Crippen LogP contribution is -2.56. The van der Waals surface area contributed by atoms with Crippen LogP contribution in [0.5, 0.6) is 0 Å². The fourth-order valence-corrected chi connectivity index (χ4v) is 1.94. The zero-order valence-electron chi connectivity index (χ0n) is 9.84. The highest BCUT2D eigenvalue weighted by Crippen LogP contribution is 2.25. The van der Waals surface area contributed by atoms with Gasteiger partial charge in [-0.3, -0.25) is 15.0 Å². The van der Waals surface area contributed by atoms with Gasteiger partial charge in [-0.25, -0.2) is 0 Å². The molecule has 0 spiro atoms. The molecule has 100 valence electrons. The van der Waals surface area contributed by atoms with Gasteiger partial charge in [0.1, 0.15) is 5.54 Å². The van der Waals surface area contributed by atoms with Crippen LogP contribution in [-0.4, -0.2) is 53.4 Å². The number of likely N-dealkylation sites (tertiary alicyclic amines) is 1. The van der Waals surface area contributed by atoms with E-state index in [1.54, 1.807) is 0 Å². The molecule has 1 heterocycles. The smallest absolute Gasteiger partial charge is 0.401 e. The minimum absolute atomic E-state index is 0.107. The Bertz CT molecular complexity index is 294. The maximum Gasteiger partial charge on any atom is 0.401 e. The Balaban J connectivity index is 2.70. The molecule has 17 heavy (non-hydrogen) atoms. The number of rotatable bonds is 4. The van der Waals surface area contributed by atoms with Crippen molar-refractivity contribution >= 4 is 5.97 Å². The molecular weight excluding hydrogens is 237 g/mol. The van der Waals surface area contributed by atoms with E-state index in [4.69, 9.17) is 5.11 Å². The maximum absolute atomic E-state index is 12.1. The highest BCUT2D eigenvalue weighted by Gasteiger charge is 2.47. The summed E-state index contributed by atoms with van der Waals surface area (Å²) < 4.78 is 36.4. The van der Waals surface area contributed by atoms with Crippen molar-refractivity contribution < 1.29 is 23.1 Å². The Morgan fingerprint density at radius 1 is 1.53 bits per heavy atom. The topological polar surface area (TPSA) is 52.6 Å². The van der Waals surface area contributed by atoms with Crippen molar-refractivity contribution in [3.8, 4) is 0 Å². The van der Waals surface area contributed by atoms with Crippen LogP contribution in [0.3, 0.4) is 0 Å². The van der Waals surface area contributed by atoms with E-state index in [0.29, 0.717) is 6.54 Å². The predicted molar refractivity (Wildman–Crippen MR) is 55.8 cm³/mol. The summed E-state index contributed by atoms with van der Waals surface area (Å²) in [5, 5.41) is 11.3. The van der Waals surface area contributed by atoms with Crippen LogP contribution < -0.4 is 5.32 Å². The summed E-state index contributed by atoms with van der Waals surface area (Å²) in [6, 6.07) is 0.129. The first-order valence-electron chi connectivity index (χ1n) is 5.45. The molecule has 1 rings (SSSR count). The number of carbonyl (C=O) groups is 1. The van der Waals surface area contributed by atoms with E-state index in [1.807, 2.05) is 18.7 Å². The molecule has 0 radical (unpaired) electrons. The van der Waals surface area contributed by atoms with E-state index in [1.165, 1.54) is 0 Å². The minimum Gasteiger partial charge on any atom is -0.480 e. The van der Waals surface area contributed by atoms with Crippen molar-refractivity contribution in [2.75, 3.05) is 19.6 Å². The van der Waals surface area contributed by atoms with Crippen LogP contribution in [0.25, 0.3) is 0 Å². The Morgan fingerprint density at radius 3 is 2.47 bits per heavy atom. The molecule has 1 saturated heterocycles. The Hall–Kier alpha value is -0.820. The third-order valence-electron chi connectivity index (χ3n) is 3.07. The van der Waals surface area contributed by atoms with Crippen LogP contribution in [-0.2, 0) is 4.79 Å². The SMILES string of the molecule is CC(C)N1CCC(NCC(F)(F)F)(C(=O)O)C1. The van der Waals surface area contributed by atoms with Crippen molar-refractivity contribution in [3.63, 3.8) is 0 Å². The lowest BCUT2D eigenvalue weighted by molar-refractivity contribution is -0.149. The largest absolute Gasteiger partial charge is 0.480 e. The summed E-state index contributed by atoms with van der Waals surface area (Å²) in [6.45, 7) is 3.11. The molecule has 1 aliphatic rings. The minimum atomic E-state index is -4.40.